The quantitative estimate of drug-likeness (QED) is 0.841. The number of carbonyl (C=O) groups excluding carboxylic acids is 1. The molecule has 1 aromatic carbocycles. The van der Waals surface area contributed by atoms with Crippen molar-refractivity contribution in [3.05, 3.63) is 34.5 Å². The van der Waals surface area contributed by atoms with Crippen molar-refractivity contribution in [1.82, 2.24) is 10.3 Å². The predicted octanol–water partition coefficient (Wildman–Crippen LogP) is 3.86. The number of hydrogen-bond donors (Lipinski definition) is 2. The number of hydrogen-bond acceptors (Lipinski definition) is 4. The molecule has 0 radical (unpaired) electrons. The van der Waals surface area contributed by atoms with Crippen LogP contribution in [0.3, 0.4) is 0 Å². The first-order valence-corrected chi connectivity index (χ1v) is 8.88. The Bertz CT molecular complexity index is 764. The molecule has 1 aliphatic heterocycles. The fourth-order valence-corrected chi connectivity index (χ4v) is 3.76. The summed E-state index contributed by atoms with van der Waals surface area (Å²) in [6.45, 7) is 3.56. The summed E-state index contributed by atoms with van der Waals surface area (Å²) in [6, 6.07) is 1.23. The van der Waals surface area contributed by atoms with Gasteiger partial charge in [-0.05, 0) is 38.8 Å². The predicted molar refractivity (Wildman–Crippen MR) is 91.0 cm³/mol. The minimum Gasteiger partial charge on any atom is -0.316 e. The molecule has 3 rings (SSSR count). The third kappa shape index (κ3) is 4.19. The van der Waals surface area contributed by atoms with Gasteiger partial charge in [0.15, 0.2) is 5.13 Å². The second-order valence-corrected chi connectivity index (χ2v) is 7.32. The first-order chi connectivity index (χ1) is 11.9. The zero-order chi connectivity index (χ0) is 18.0. The fourth-order valence-electron chi connectivity index (χ4n) is 2.93. The van der Waals surface area contributed by atoms with E-state index in [4.69, 9.17) is 0 Å². The average molecular weight is 369 g/mol. The molecule has 1 amide bonds. The second-order valence-electron chi connectivity index (χ2n) is 6.11. The van der Waals surface area contributed by atoms with Gasteiger partial charge in [0.2, 0.25) is 5.91 Å². The number of amides is 1. The summed E-state index contributed by atoms with van der Waals surface area (Å²) in [5.41, 5.74) is -0.303. The Labute approximate surface area is 147 Å². The van der Waals surface area contributed by atoms with Gasteiger partial charge in [-0.1, -0.05) is 0 Å². The van der Waals surface area contributed by atoms with Gasteiger partial charge in [0.1, 0.15) is 17.5 Å². The molecule has 2 heterocycles. The van der Waals surface area contributed by atoms with Crippen molar-refractivity contribution in [2.75, 3.05) is 18.4 Å². The van der Waals surface area contributed by atoms with E-state index in [0.29, 0.717) is 29.3 Å². The molecule has 4 nitrogen and oxygen atoms in total. The highest BCUT2D eigenvalue weighted by molar-refractivity contribution is 7.16. The van der Waals surface area contributed by atoms with Crippen molar-refractivity contribution in [3.63, 3.8) is 0 Å². The summed E-state index contributed by atoms with van der Waals surface area (Å²) in [7, 11) is 0. The Morgan fingerprint density at radius 3 is 2.72 bits per heavy atom. The van der Waals surface area contributed by atoms with Gasteiger partial charge in [0.25, 0.3) is 0 Å². The maximum absolute atomic E-state index is 13.9. The van der Waals surface area contributed by atoms with Crippen LogP contribution in [0.15, 0.2) is 12.1 Å². The molecular weight excluding hydrogens is 351 g/mol. The normalized spacial score (nSPS) is 17.0. The molecule has 0 saturated carbocycles. The van der Waals surface area contributed by atoms with Crippen LogP contribution in [0.2, 0.25) is 0 Å². The summed E-state index contributed by atoms with van der Waals surface area (Å²) in [6.07, 6.45) is 2.23. The summed E-state index contributed by atoms with van der Waals surface area (Å²) in [5.74, 6) is -2.69. The van der Waals surface area contributed by atoms with Gasteiger partial charge in [-0.25, -0.2) is 18.2 Å². The summed E-state index contributed by atoms with van der Waals surface area (Å²) in [4.78, 5) is 16.7. The SMILES string of the molecule is Cc1sc(NC(=O)CCC2CCNC2)nc1-c1c(F)cc(F)cc1F. The minimum atomic E-state index is -1.02. The number of nitrogens with one attached hydrogen (secondary N) is 2. The van der Waals surface area contributed by atoms with Gasteiger partial charge >= 0.3 is 0 Å². The van der Waals surface area contributed by atoms with E-state index in [1.165, 1.54) is 0 Å². The number of aromatic nitrogens is 1. The lowest BCUT2D eigenvalue weighted by Crippen LogP contribution is -2.14. The highest BCUT2D eigenvalue weighted by atomic mass is 32.1. The number of anilines is 1. The van der Waals surface area contributed by atoms with Crippen LogP contribution in [0, 0.1) is 30.3 Å². The minimum absolute atomic E-state index is 0.0790. The standard InChI is InChI=1S/C17H18F3N3OS/c1-9-16(15-12(19)6-11(18)7-13(15)20)23-17(25-9)22-14(24)3-2-10-4-5-21-8-10/h6-7,10,21H,2-5,8H2,1H3,(H,22,23,24). The number of rotatable bonds is 5. The van der Waals surface area contributed by atoms with Gasteiger partial charge in [0, 0.05) is 23.4 Å². The molecule has 2 N–H and O–H groups in total. The lowest BCUT2D eigenvalue weighted by atomic mass is 10.0. The number of benzene rings is 1. The molecule has 1 saturated heterocycles. The summed E-state index contributed by atoms with van der Waals surface area (Å²) < 4.78 is 40.9. The Morgan fingerprint density at radius 1 is 1.36 bits per heavy atom. The van der Waals surface area contributed by atoms with E-state index in [9.17, 15) is 18.0 Å². The van der Waals surface area contributed by atoms with Crippen LogP contribution in [-0.4, -0.2) is 24.0 Å². The number of aryl methyl sites for hydroxylation is 1. The average Bonchev–Trinajstić information content (AvgIpc) is 3.15. The second kappa shape index (κ2) is 7.53. The molecule has 25 heavy (non-hydrogen) atoms. The number of nitrogens with zero attached hydrogens (tertiary/aromatic N) is 1. The van der Waals surface area contributed by atoms with Crippen LogP contribution in [0.5, 0.6) is 0 Å². The molecule has 1 unspecified atom stereocenters. The Morgan fingerprint density at radius 2 is 2.08 bits per heavy atom. The smallest absolute Gasteiger partial charge is 0.226 e. The Kier molecular flexibility index (Phi) is 5.39. The number of carbonyl (C=O) groups is 1. The van der Waals surface area contributed by atoms with Crippen molar-refractivity contribution in [2.24, 2.45) is 5.92 Å². The van der Waals surface area contributed by atoms with Gasteiger partial charge in [-0.3, -0.25) is 4.79 Å². The van der Waals surface area contributed by atoms with Crippen molar-refractivity contribution in [3.8, 4) is 11.3 Å². The topological polar surface area (TPSA) is 54.0 Å². The van der Waals surface area contributed by atoms with E-state index in [0.717, 1.165) is 37.3 Å². The highest BCUT2D eigenvalue weighted by Crippen LogP contribution is 2.34. The van der Waals surface area contributed by atoms with Crippen LogP contribution in [0.4, 0.5) is 18.3 Å². The molecule has 134 valence electrons. The lowest BCUT2D eigenvalue weighted by molar-refractivity contribution is -0.116. The molecule has 0 bridgehead atoms. The van der Waals surface area contributed by atoms with Gasteiger partial charge in [0.05, 0.1) is 11.3 Å². The third-order valence-electron chi connectivity index (χ3n) is 4.23. The fraction of sp³-hybridized carbons (Fsp3) is 0.412. The van der Waals surface area contributed by atoms with Crippen molar-refractivity contribution in [1.29, 1.82) is 0 Å². The molecule has 1 aliphatic rings. The molecule has 0 aliphatic carbocycles. The Balaban J connectivity index is 1.71. The first kappa shape index (κ1) is 17.9. The molecule has 2 aromatic rings. The molecule has 1 fully saturated rings. The Hall–Kier alpha value is -1.93. The molecule has 1 atom stereocenters. The highest BCUT2D eigenvalue weighted by Gasteiger charge is 2.21. The van der Waals surface area contributed by atoms with Crippen LogP contribution >= 0.6 is 11.3 Å². The summed E-state index contributed by atoms with van der Waals surface area (Å²) >= 11 is 1.13. The molecule has 1 aromatic heterocycles. The summed E-state index contributed by atoms with van der Waals surface area (Å²) in [5, 5.41) is 6.21. The van der Waals surface area contributed by atoms with E-state index in [1.54, 1.807) is 6.92 Å². The van der Waals surface area contributed by atoms with Gasteiger partial charge in [-0.15, -0.1) is 11.3 Å². The van der Waals surface area contributed by atoms with Crippen molar-refractivity contribution >= 4 is 22.4 Å². The van der Waals surface area contributed by atoms with Crippen LogP contribution in [-0.2, 0) is 4.79 Å². The maximum atomic E-state index is 13.9. The van der Waals surface area contributed by atoms with Crippen LogP contribution in [0.1, 0.15) is 24.1 Å². The first-order valence-electron chi connectivity index (χ1n) is 8.07. The van der Waals surface area contributed by atoms with Gasteiger partial charge < -0.3 is 10.6 Å². The molecular formula is C17H18F3N3OS. The van der Waals surface area contributed by atoms with E-state index >= 15 is 0 Å². The molecule has 8 heteroatoms. The van der Waals surface area contributed by atoms with E-state index in [-0.39, 0.29) is 22.3 Å². The number of thiazole rings is 1. The van der Waals surface area contributed by atoms with E-state index < -0.39 is 17.5 Å². The van der Waals surface area contributed by atoms with E-state index in [1.807, 2.05) is 0 Å². The zero-order valence-corrected chi connectivity index (χ0v) is 14.5. The lowest BCUT2D eigenvalue weighted by Gasteiger charge is -2.07. The van der Waals surface area contributed by atoms with E-state index in [2.05, 4.69) is 15.6 Å². The maximum Gasteiger partial charge on any atom is 0.226 e. The monoisotopic (exact) mass is 369 g/mol. The van der Waals surface area contributed by atoms with Crippen LogP contribution < -0.4 is 10.6 Å². The number of halogens is 3. The third-order valence-corrected chi connectivity index (χ3v) is 5.11. The van der Waals surface area contributed by atoms with Crippen molar-refractivity contribution in [2.45, 2.75) is 26.2 Å². The van der Waals surface area contributed by atoms with Gasteiger partial charge in [-0.2, -0.15) is 0 Å². The molecule has 0 spiro atoms. The van der Waals surface area contributed by atoms with Crippen molar-refractivity contribution < 1.29 is 18.0 Å². The largest absolute Gasteiger partial charge is 0.316 e. The van der Waals surface area contributed by atoms with Crippen LogP contribution in [0.25, 0.3) is 11.3 Å². The zero-order valence-electron chi connectivity index (χ0n) is 13.7.